The number of fused-ring (bicyclic) bond motifs is 7. The monoisotopic (exact) mass is 590 g/mol. The number of Topliss-reactive ketones (excluding diaryl/α,β-unsaturated/α-hetero) is 1. The Morgan fingerprint density at radius 3 is 2.14 bits per heavy atom. The molecule has 3 aromatic rings. The van der Waals surface area contributed by atoms with Crippen molar-refractivity contribution in [3.05, 3.63) is 57.9 Å². The van der Waals surface area contributed by atoms with Gasteiger partial charge in [0.25, 0.3) is 0 Å². The van der Waals surface area contributed by atoms with Gasteiger partial charge < -0.3 is 39.4 Å². The van der Waals surface area contributed by atoms with Crippen LogP contribution in [0.15, 0.2) is 30.0 Å². The van der Waals surface area contributed by atoms with Crippen molar-refractivity contribution >= 4 is 22.5 Å². The van der Waals surface area contributed by atoms with Gasteiger partial charge in [0.05, 0.1) is 54.1 Å². The summed E-state index contributed by atoms with van der Waals surface area (Å²) in [6.45, 7) is 3.07. The second-order valence-corrected chi connectivity index (χ2v) is 12.2. The molecule has 4 N–H and O–H groups in total. The summed E-state index contributed by atoms with van der Waals surface area (Å²) < 4.78 is 22.9. The van der Waals surface area contributed by atoms with Gasteiger partial charge in [-0.15, -0.1) is 0 Å². The number of allylic oxidation sites excluding steroid dienone is 1. The minimum absolute atomic E-state index is 0.0215. The van der Waals surface area contributed by atoms with Gasteiger partial charge in [-0.25, -0.2) is 0 Å². The van der Waals surface area contributed by atoms with E-state index in [9.17, 15) is 30.0 Å². The number of carbonyl (C=O) groups is 2. The Labute approximate surface area is 248 Å². The first-order valence-corrected chi connectivity index (χ1v) is 14.0. The van der Waals surface area contributed by atoms with Gasteiger partial charge in [0, 0.05) is 43.9 Å². The number of aliphatic hydroxyl groups is 2. The number of phenols is 2. The lowest BCUT2D eigenvalue weighted by Crippen LogP contribution is -2.35. The standard InChI is InChI=1S/C33H34O10/c1-32(38)11-17-7-16-9-21(41-4)28-26-18(6-15-8-19(40-3)10-22(42-5)25(15)30(26)37)12-33(2,39)14-23(35)43-31(28)27(16)29(36)24(17)20(34)13-32/h6-7,9-10,22,36-39H,8,11-14H2,1-5H3/t22-,32+,33+/m0/s1. The summed E-state index contributed by atoms with van der Waals surface area (Å²) in [5.41, 5.74) is -0.221. The molecule has 0 unspecified atom stereocenters. The minimum Gasteiger partial charge on any atom is -0.507 e. The Morgan fingerprint density at radius 2 is 1.49 bits per heavy atom. The van der Waals surface area contributed by atoms with E-state index in [1.165, 1.54) is 21.1 Å². The molecule has 0 saturated heterocycles. The third kappa shape index (κ3) is 4.70. The van der Waals surface area contributed by atoms with Gasteiger partial charge in [0.2, 0.25) is 0 Å². The molecule has 0 spiro atoms. The number of hydrogen-bond acceptors (Lipinski definition) is 10. The maximum atomic E-state index is 13.3. The molecule has 10 heteroatoms. The fourth-order valence-electron chi connectivity index (χ4n) is 6.85. The number of phenolic OH excluding ortho intramolecular Hbond substituents is 2. The van der Waals surface area contributed by atoms with Crippen LogP contribution in [0.2, 0.25) is 0 Å². The van der Waals surface area contributed by atoms with Crippen LogP contribution in [0.1, 0.15) is 65.4 Å². The predicted molar refractivity (Wildman–Crippen MR) is 156 cm³/mol. The number of ether oxygens (including phenoxy) is 4. The van der Waals surface area contributed by atoms with Crippen LogP contribution >= 0.6 is 0 Å². The number of methoxy groups -OCH3 is 3. The van der Waals surface area contributed by atoms with E-state index in [1.54, 1.807) is 32.2 Å². The summed E-state index contributed by atoms with van der Waals surface area (Å²) in [6.07, 6.45) is 0.990. The van der Waals surface area contributed by atoms with Gasteiger partial charge in [-0.3, -0.25) is 9.59 Å². The molecule has 10 nitrogen and oxygen atoms in total. The van der Waals surface area contributed by atoms with E-state index in [-0.39, 0.29) is 65.0 Å². The second kappa shape index (κ2) is 9.97. The summed E-state index contributed by atoms with van der Waals surface area (Å²) in [4.78, 5) is 26.5. The molecular weight excluding hydrogens is 556 g/mol. The van der Waals surface area contributed by atoms with Gasteiger partial charge in [0.15, 0.2) is 11.5 Å². The zero-order chi connectivity index (χ0) is 31.0. The quantitative estimate of drug-likeness (QED) is 0.258. The van der Waals surface area contributed by atoms with E-state index >= 15 is 0 Å². The highest BCUT2D eigenvalue weighted by molar-refractivity contribution is 6.12. The van der Waals surface area contributed by atoms with Crippen molar-refractivity contribution in [1.82, 2.24) is 0 Å². The SMILES string of the molecule is COC1=C[C@H](OC)c2c(cc3c(c2O)-c2c(OC)cc4cc5c(c(O)c4c2OC(=O)C[C@](C)(O)C3)C(=O)C[C@](C)(O)C5)C1. The van der Waals surface area contributed by atoms with Crippen molar-refractivity contribution in [2.45, 2.75) is 63.3 Å². The van der Waals surface area contributed by atoms with Crippen LogP contribution in [-0.2, 0) is 33.5 Å². The Kier molecular flexibility index (Phi) is 6.72. The highest BCUT2D eigenvalue weighted by Crippen LogP contribution is 2.55. The first-order chi connectivity index (χ1) is 20.3. The van der Waals surface area contributed by atoms with Crippen LogP contribution in [0.4, 0.5) is 0 Å². The molecule has 0 radical (unpaired) electrons. The van der Waals surface area contributed by atoms with Crippen LogP contribution < -0.4 is 9.47 Å². The lowest BCUT2D eigenvalue weighted by Gasteiger charge is -2.30. The average Bonchev–Trinajstić information content (AvgIpc) is 2.94. The number of rotatable bonds is 3. The van der Waals surface area contributed by atoms with Crippen molar-refractivity contribution in [1.29, 1.82) is 0 Å². The number of esters is 1. The molecule has 3 aliphatic rings. The molecule has 0 bridgehead atoms. The lowest BCUT2D eigenvalue weighted by molar-refractivity contribution is -0.138. The van der Waals surface area contributed by atoms with Crippen molar-refractivity contribution in [2.75, 3.05) is 21.3 Å². The van der Waals surface area contributed by atoms with E-state index in [4.69, 9.17) is 18.9 Å². The number of aromatic hydroxyl groups is 2. The van der Waals surface area contributed by atoms with Crippen LogP contribution in [0.25, 0.3) is 21.9 Å². The zero-order valence-corrected chi connectivity index (χ0v) is 24.7. The zero-order valence-electron chi connectivity index (χ0n) is 24.7. The molecular formula is C33H34O10. The summed E-state index contributed by atoms with van der Waals surface area (Å²) in [6, 6.07) is 5.14. The summed E-state index contributed by atoms with van der Waals surface area (Å²) in [5, 5.41) is 46.1. The molecule has 0 saturated carbocycles. The fraction of sp³-hybridized carbons (Fsp3) is 0.394. The van der Waals surface area contributed by atoms with Crippen molar-refractivity contribution in [3.63, 3.8) is 0 Å². The molecule has 1 aliphatic heterocycles. The van der Waals surface area contributed by atoms with Gasteiger partial charge >= 0.3 is 5.97 Å². The van der Waals surface area contributed by atoms with Gasteiger partial charge in [-0.05, 0) is 54.1 Å². The maximum Gasteiger partial charge on any atom is 0.314 e. The topological polar surface area (TPSA) is 152 Å². The molecule has 43 heavy (non-hydrogen) atoms. The van der Waals surface area contributed by atoms with E-state index in [2.05, 4.69) is 0 Å². The first-order valence-electron chi connectivity index (χ1n) is 14.0. The van der Waals surface area contributed by atoms with Crippen molar-refractivity contribution < 1.29 is 49.0 Å². The number of carbonyl (C=O) groups excluding carboxylic acids is 2. The fourth-order valence-corrected chi connectivity index (χ4v) is 6.85. The molecule has 1 heterocycles. The lowest BCUT2D eigenvalue weighted by atomic mass is 9.78. The second-order valence-electron chi connectivity index (χ2n) is 12.2. The Bertz CT molecular complexity index is 1750. The maximum absolute atomic E-state index is 13.3. The third-order valence-corrected chi connectivity index (χ3v) is 8.58. The Balaban J connectivity index is 1.74. The summed E-state index contributed by atoms with van der Waals surface area (Å²) >= 11 is 0. The van der Waals surface area contributed by atoms with Crippen LogP contribution in [0.5, 0.6) is 23.0 Å². The molecule has 6 rings (SSSR count). The number of benzene rings is 3. The summed E-state index contributed by atoms with van der Waals surface area (Å²) in [7, 11) is 4.49. The molecule has 226 valence electrons. The molecule has 3 atom stereocenters. The van der Waals surface area contributed by atoms with Crippen LogP contribution in [0, 0.1) is 0 Å². The van der Waals surface area contributed by atoms with Crippen molar-refractivity contribution in [3.8, 4) is 34.1 Å². The highest BCUT2D eigenvalue weighted by atomic mass is 16.5. The van der Waals surface area contributed by atoms with E-state index < -0.39 is 34.8 Å². The van der Waals surface area contributed by atoms with Gasteiger partial charge in [0.1, 0.15) is 23.4 Å². The van der Waals surface area contributed by atoms with Gasteiger partial charge in [-0.2, -0.15) is 0 Å². The molecule has 0 fully saturated rings. The molecule has 3 aromatic carbocycles. The largest absolute Gasteiger partial charge is 0.507 e. The van der Waals surface area contributed by atoms with E-state index in [0.29, 0.717) is 34.3 Å². The number of hydrogen-bond donors (Lipinski definition) is 4. The number of ketones is 1. The normalized spacial score (nSPS) is 24.8. The minimum atomic E-state index is -1.56. The summed E-state index contributed by atoms with van der Waals surface area (Å²) in [5.74, 6) is -1.03. The highest BCUT2D eigenvalue weighted by Gasteiger charge is 2.40. The van der Waals surface area contributed by atoms with E-state index in [1.807, 2.05) is 6.07 Å². The smallest absolute Gasteiger partial charge is 0.314 e. The Hall–Kier alpha value is -4.12. The molecule has 0 amide bonds. The first kappa shape index (κ1) is 29.0. The predicted octanol–water partition coefficient (Wildman–Crippen LogP) is 4.18. The van der Waals surface area contributed by atoms with Crippen LogP contribution in [-0.4, -0.2) is 64.7 Å². The van der Waals surface area contributed by atoms with E-state index in [0.717, 1.165) is 5.56 Å². The third-order valence-electron chi connectivity index (χ3n) is 8.58. The molecule has 2 aliphatic carbocycles. The molecule has 0 aromatic heterocycles. The van der Waals surface area contributed by atoms with Crippen LogP contribution in [0.3, 0.4) is 0 Å². The van der Waals surface area contributed by atoms with Gasteiger partial charge in [-0.1, -0.05) is 6.07 Å². The Morgan fingerprint density at radius 1 is 0.814 bits per heavy atom. The van der Waals surface area contributed by atoms with Crippen molar-refractivity contribution in [2.24, 2.45) is 0 Å². The average molecular weight is 591 g/mol.